The molecule has 1 fully saturated rings. The second-order valence-electron chi connectivity index (χ2n) is 6.58. The van der Waals surface area contributed by atoms with Crippen LogP contribution >= 0.6 is 0 Å². The van der Waals surface area contributed by atoms with E-state index in [2.05, 4.69) is 5.32 Å². The second kappa shape index (κ2) is 6.01. The Labute approximate surface area is 131 Å². The lowest BCUT2D eigenvalue weighted by Gasteiger charge is -2.32. The lowest BCUT2D eigenvalue weighted by molar-refractivity contribution is 0.00578. The maximum atomic E-state index is 14.1. The van der Waals surface area contributed by atoms with E-state index in [1.165, 1.54) is 18.2 Å². The minimum absolute atomic E-state index is 0.223. The van der Waals surface area contributed by atoms with Crippen molar-refractivity contribution in [3.63, 3.8) is 0 Å². The summed E-state index contributed by atoms with van der Waals surface area (Å²) >= 11 is 0. The van der Waals surface area contributed by atoms with Gasteiger partial charge < -0.3 is 14.6 Å². The van der Waals surface area contributed by atoms with E-state index < -0.39 is 24.1 Å². The van der Waals surface area contributed by atoms with Gasteiger partial charge in [0.1, 0.15) is 5.82 Å². The molecule has 1 amide bonds. The second-order valence-corrected chi connectivity index (χ2v) is 6.58. The van der Waals surface area contributed by atoms with E-state index in [4.69, 9.17) is 9.31 Å². The van der Waals surface area contributed by atoms with E-state index in [1.807, 2.05) is 34.6 Å². The van der Waals surface area contributed by atoms with Crippen LogP contribution in [-0.2, 0) is 9.31 Å². The Kier molecular flexibility index (Phi) is 4.63. The van der Waals surface area contributed by atoms with Crippen molar-refractivity contribution < 1.29 is 18.5 Å². The highest BCUT2D eigenvalue weighted by molar-refractivity contribution is 6.62. The SMILES string of the molecule is CCCNC(=O)c1ccc(F)c(B2OC(C)(C)C(C)(C)O2)c1. The Morgan fingerprint density at radius 1 is 1.23 bits per heavy atom. The van der Waals surface area contributed by atoms with Crippen LogP contribution in [0.4, 0.5) is 4.39 Å². The molecule has 1 aromatic rings. The molecule has 0 aliphatic carbocycles. The molecule has 2 rings (SSSR count). The minimum Gasteiger partial charge on any atom is -0.399 e. The number of hydrogen-bond donors (Lipinski definition) is 1. The van der Waals surface area contributed by atoms with Crippen molar-refractivity contribution in [2.45, 2.75) is 52.2 Å². The molecule has 120 valence electrons. The third-order valence-electron chi connectivity index (χ3n) is 4.30. The van der Waals surface area contributed by atoms with Gasteiger partial charge in [-0.3, -0.25) is 4.79 Å². The molecule has 22 heavy (non-hydrogen) atoms. The van der Waals surface area contributed by atoms with E-state index in [1.54, 1.807) is 0 Å². The van der Waals surface area contributed by atoms with Gasteiger partial charge >= 0.3 is 7.12 Å². The Morgan fingerprint density at radius 2 is 1.82 bits per heavy atom. The predicted octanol–water partition coefficient (Wildman–Crippen LogP) is 2.26. The van der Waals surface area contributed by atoms with Crippen molar-refractivity contribution in [2.24, 2.45) is 0 Å². The number of carbonyl (C=O) groups excluding carboxylic acids is 1. The van der Waals surface area contributed by atoms with E-state index >= 15 is 0 Å². The minimum atomic E-state index is -0.816. The summed E-state index contributed by atoms with van der Waals surface area (Å²) < 4.78 is 25.9. The van der Waals surface area contributed by atoms with Gasteiger partial charge in [0.25, 0.3) is 5.91 Å². The van der Waals surface area contributed by atoms with E-state index in [9.17, 15) is 9.18 Å². The van der Waals surface area contributed by atoms with Gasteiger partial charge in [0.2, 0.25) is 0 Å². The number of halogens is 1. The summed E-state index contributed by atoms with van der Waals surface area (Å²) in [4.78, 5) is 12.0. The maximum absolute atomic E-state index is 14.1. The van der Waals surface area contributed by atoms with E-state index in [0.717, 1.165) is 6.42 Å². The molecule has 0 bridgehead atoms. The fourth-order valence-electron chi connectivity index (χ4n) is 2.18. The summed E-state index contributed by atoms with van der Waals surface area (Å²) in [6, 6.07) is 4.25. The normalized spacial score (nSPS) is 19.3. The number of hydrogen-bond acceptors (Lipinski definition) is 3. The van der Waals surface area contributed by atoms with Crippen molar-refractivity contribution in [2.75, 3.05) is 6.54 Å². The van der Waals surface area contributed by atoms with E-state index in [-0.39, 0.29) is 11.4 Å². The molecule has 1 N–H and O–H groups in total. The highest BCUT2D eigenvalue weighted by Crippen LogP contribution is 2.36. The summed E-state index contributed by atoms with van der Waals surface area (Å²) in [5, 5.41) is 2.78. The van der Waals surface area contributed by atoms with Gasteiger partial charge in [-0.1, -0.05) is 6.92 Å². The molecule has 0 spiro atoms. The first-order valence-electron chi connectivity index (χ1n) is 7.61. The maximum Gasteiger partial charge on any atom is 0.497 e. The molecular weight excluding hydrogens is 284 g/mol. The van der Waals surface area contributed by atoms with Crippen molar-refractivity contribution >= 4 is 18.5 Å². The molecule has 1 aliphatic rings. The first-order chi connectivity index (χ1) is 10.2. The largest absolute Gasteiger partial charge is 0.497 e. The molecule has 1 saturated heterocycles. The molecule has 0 unspecified atom stereocenters. The average Bonchev–Trinajstić information content (AvgIpc) is 2.65. The third kappa shape index (κ3) is 3.18. The zero-order valence-corrected chi connectivity index (χ0v) is 13.8. The highest BCUT2D eigenvalue weighted by atomic mass is 19.1. The number of nitrogens with one attached hydrogen (secondary N) is 1. The zero-order valence-electron chi connectivity index (χ0n) is 13.8. The van der Waals surface area contributed by atoms with E-state index in [0.29, 0.717) is 12.1 Å². The van der Waals surface area contributed by atoms with Crippen molar-refractivity contribution in [1.29, 1.82) is 0 Å². The quantitative estimate of drug-likeness (QED) is 0.868. The van der Waals surface area contributed by atoms with Crippen LogP contribution in [0, 0.1) is 5.82 Å². The molecule has 1 aliphatic heterocycles. The standard InChI is InChI=1S/C16H23BFNO3/c1-6-9-19-14(20)11-7-8-13(18)12(10-11)17-21-15(2,3)16(4,5)22-17/h7-8,10H,6,9H2,1-5H3,(H,19,20). The lowest BCUT2D eigenvalue weighted by Crippen LogP contribution is -2.41. The molecule has 0 atom stereocenters. The van der Waals surface area contributed by atoms with Gasteiger partial charge in [-0.2, -0.15) is 0 Å². The van der Waals surface area contributed by atoms with Gasteiger partial charge in [0, 0.05) is 17.6 Å². The van der Waals surface area contributed by atoms with Crippen LogP contribution in [0.3, 0.4) is 0 Å². The fraction of sp³-hybridized carbons (Fsp3) is 0.562. The smallest absolute Gasteiger partial charge is 0.399 e. The monoisotopic (exact) mass is 307 g/mol. The van der Waals surface area contributed by atoms with Crippen molar-refractivity contribution in [1.82, 2.24) is 5.32 Å². The Hall–Kier alpha value is -1.40. The fourth-order valence-corrected chi connectivity index (χ4v) is 2.18. The lowest BCUT2D eigenvalue weighted by atomic mass is 9.78. The van der Waals surface area contributed by atoms with Gasteiger partial charge in [0.05, 0.1) is 11.2 Å². The van der Waals surface area contributed by atoms with Gasteiger partial charge in [-0.15, -0.1) is 0 Å². The molecule has 0 aromatic heterocycles. The predicted molar refractivity (Wildman–Crippen MR) is 84.7 cm³/mol. The molecular formula is C16H23BFNO3. The van der Waals surface area contributed by atoms with Gasteiger partial charge in [-0.05, 0) is 52.3 Å². The van der Waals surface area contributed by atoms with Crippen LogP contribution in [-0.4, -0.2) is 30.8 Å². The molecule has 4 nitrogen and oxygen atoms in total. The number of benzene rings is 1. The summed E-state index contributed by atoms with van der Waals surface area (Å²) in [6.45, 7) is 10.2. The van der Waals surface area contributed by atoms with Crippen LogP contribution in [0.5, 0.6) is 0 Å². The van der Waals surface area contributed by atoms with Crippen LogP contribution in [0.15, 0.2) is 18.2 Å². The summed E-state index contributed by atoms with van der Waals surface area (Å²) in [7, 11) is -0.816. The molecule has 0 radical (unpaired) electrons. The van der Waals surface area contributed by atoms with Crippen molar-refractivity contribution in [3.8, 4) is 0 Å². The molecule has 0 saturated carbocycles. The number of carbonyl (C=O) groups is 1. The average molecular weight is 307 g/mol. The zero-order chi connectivity index (χ0) is 16.5. The highest BCUT2D eigenvalue weighted by Gasteiger charge is 2.52. The third-order valence-corrected chi connectivity index (χ3v) is 4.30. The Balaban J connectivity index is 2.27. The van der Waals surface area contributed by atoms with Crippen LogP contribution in [0.2, 0.25) is 0 Å². The summed E-state index contributed by atoms with van der Waals surface area (Å²) in [5.41, 5.74) is -0.447. The Bertz CT molecular complexity index is 559. The number of amides is 1. The first kappa shape index (κ1) is 17.0. The first-order valence-corrected chi connectivity index (χ1v) is 7.61. The summed E-state index contributed by atoms with van der Waals surface area (Å²) in [5.74, 6) is -0.662. The van der Waals surface area contributed by atoms with Crippen LogP contribution in [0.1, 0.15) is 51.4 Å². The topological polar surface area (TPSA) is 47.6 Å². The van der Waals surface area contributed by atoms with Crippen LogP contribution in [0.25, 0.3) is 0 Å². The van der Waals surface area contributed by atoms with Gasteiger partial charge in [0.15, 0.2) is 0 Å². The molecule has 1 heterocycles. The molecule has 1 aromatic carbocycles. The summed E-state index contributed by atoms with van der Waals surface area (Å²) in [6.07, 6.45) is 0.844. The van der Waals surface area contributed by atoms with Crippen molar-refractivity contribution in [3.05, 3.63) is 29.6 Å². The Morgan fingerprint density at radius 3 is 2.36 bits per heavy atom. The van der Waals surface area contributed by atoms with Crippen LogP contribution < -0.4 is 10.8 Å². The number of rotatable bonds is 4. The van der Waals surface area contributed by atoms with Gasteiger partial charge in [-0.25, -0.2) is 4.39 Å². The molecule has 6 heteroatoms.